The van der Waals surface area contributed by atoms with E-state index in [4.69, 9.17) is 0 Å². The number of hydrogen-bond acceptors (Lipinski definition) is 4. The van der Waals surface area contributed by atoms with Crippen molar-refractivity contribution in [3.8, 4) is 23.0 Å². The van der Waals surface area contributed by atoms with Gasteiger partial charge in [0.1, 0.15) is 11.5 Å². The summed E-state index contributed by atoms with van der Waals surface area (Å²) >= 11 is 0. The Bertz CT molecular complexity index is 915. The molecule has 4 nitrogen and oxygen atoms in total. The SMILES string of the molecule is Oc1cc(O)c(Cc2ccccc2)c(/C=C/c2ccc(O)c(O)c2)c1. The predicted molar refractivity (Wildman–Crippen MR) is 97.7 cm³/mol. The Labute approximate surface area is 145 Å². The Morgan fingerprint density at radius 2 is 1.44 bits per heavy atom. The van der Waals surface area contributed by atoms with E-state index in [1.807, 2.05) is 30.3 Å². The Morgan fingerprint density at radius 1 is 0.680 bits per heavy atom. The second kappa shape index (κ2) is 7.01. The van der Waals surface area contributed by atoms with E-state index >= 15 is 0 Å². The fourth-order valence-corrected chi connectivity index (χ4v) is 2.63. The number of benzene rings is 3. The van der Waals surface area contributed by atoms with Crippen LogP contribution in [0.4, 0.5) is 0 Å². The standard InChI is InChI=1S/C21H18O4/c22-17-12-16(8-6-15-7-9-19(23)21(25)11-15)18(20(24)13-17)10-14-4-2-1-3-5-14/h1-9,11-13,22-25H,10H2/b8-6+. The van der Waals surface area contributed by atoms with Crippen LogP contribution in [0.2, 0.25) is 0 Å². The lowest BCUT2D eigenvalue weighted by Crippen LogP contribution is -1.93. The first-order valence-electron chi connectivity index (χ1n) is 7.82. The van der Waals surface area contributed by atoms with E-state index in [0.717, 1.165) is 5.56 Å². The monoisotopic (exact) mass is 334 g/mol. The van der Waals surface area contributed by atoms with Gasteiger partial charge in [-0.2, -0.15) is 0 Å². The summed E-state index contributed by atoms with van der Waals surface area (Å²) in [6.45, 7) is 0. The van der Waals surface area contributed by atoms with Gasteiger partial charge in [-0.3, -0.25) is 0 Å². The number of hydrogen-bond donors (Lipinski definition) is 4. The van der Waals surface area contributed by atoms with Crippen molar-refractivity contribution >= 4 is 12.2 Å². The van der Waals surface area contributed by atoms with Crippen molar-refractivity contribution in [1.82, 2.24) is 0 Å². The van der Waals surface area contributed by atoms with E-state index in [-0.39, 0.29) is 23.0 Å². The maximum Gasteiger partial charge on any atom is 0.157 e. The molecule has 0 amide bonds. The van der Waals surface area contributed by atoms with Crippen molar-refractivity contribution < 1.29 is 20.4 Å². The van der Waals surface area contributed by atoms with E-state index < -0.39 is 0 Å². The van der Waals surface area contributed by atoms with Gasteiger partial charge in [-0.15, -0.1) is 0 Å². The average Bonchev–Trinajstić information content (AvgIpc) is 2.59. The van der Waals surface area contributed by atoms with Crippen molar-refractivity contribution in [3.05, 3.63) is 82.9 Å². The van der Waals surface area contributed by atoms with Gasteiger partial charge in [0.2, 0.25) is 0 Å². The molecular weight excluding hydrogens is 316 g/mol. The zero-order valence-electron chi connectivity index (χ0n) is 13.4. The zero-order chi connectivity index (χ0) is 17.8. The molecule has 25 heavy (non-hydrogen) atoms. The molecule has 0 aliphatic rings. The molecule has 0 aliphatic carbocycles. The van der Waals surface area contributed by atoms with E-state index in [1.54, 1.807) is 24.3 Å². The van der Waals surface area contributed by atoms with Crippen LogP contribution in [0.15, 0.2) is 60.7 Å². The van der Waals surface area contributed by atoms with Gasteiger partial charge in [-0.1, -0.05) is 48.6 Å². The Hall–Kier alpha value is -3.40. The molecule has 0 bridgehead atoms. The molecule has 0 aliphatic heterocycles. The van der Waals surface area contributed by atoms with Crippen LogP contribution in [0.5, 0.6) is 23.0 Å². The lowest BCUT2D eigenvalue weighted by atomic mass is 9.97. The van der Waals surface area contributed by atoms with Gasteiger partial charge < -0.3 is 20.4 Å². The first-order chi connectivity index (χ1) is 12.0. The molecule has 0 unspecified atom stereocenters. The fourth-order valence-electron chi connectivity index (χ4n) is 2.63. The van der Waals surface area contributed by atoms with Gasteiger partial charge in [0, 0.05) is 18.1 Å². The molecule has 126 valence electrons. The van der Waals surface area contributed by atoms with Crippen molar-refractivity contribution in [2.24, 2.45) is 0 Å². The topological polar surface area (TPSA) is 80.9 Å². The molecule has 0 heterocycles. The Kier molecular flexibility index (Phi) is 4.61. The van der Waals surface area contributed by atoms with Gasteiger partial charge in [-0.25, -0.2) is 0 Å². The number of phenolic OH excluding ortho intramolecular Hbond substituents is 4. The van der Waals surface area contributed by atoms with Crippen molar-refractivity contribution in [3.63, 3.8) is 0 Å². The third kappa shape index (κ3) is 3.93. The molecule has 4 heteroatoms. The van der Waals surface area contributed by atoms with Gasteiger partial charge in [-0.05, 0) is 34.9 Å². The first-order valence-corrected chi connectivity index (χ1v) is 7.82. The molecule has 0 saturated heterocycles. The van der Waals surface area contributed by atoms with E-state index in [9.17, 15) is 20.4 Å². The third-order valence-electron chi connectivity index (χ3n) is 3.92. The predicted octanol–water partition coefficient (Wildman–Crippen LogP) is 4.27. The summed E-state index contributed by atoms with van der Waals surface area (Å²) in [5.41, 5.74) is 3.10. The summed E-state index contributed by atoms with van der Waals surface area (Å²) < 4.78 is 0. The highest BCUT2D eigenvalue weighted by atomic mass is 16.3. The van der Waals surface area contributed by atoms with Crippen LogP contribution < -0.4 is 0 Å². The number of phenols is 4. The third-order valence-corrected chi connectivity index (χ3v) is 3.92. The van der Waals surface area contributed by atoms with Crippen LogP contribution in [-0.4, -0.2) is 20.4 Å². The maximum atomic E-state index is 10.2. The summed E-state index contributed by atoms with van der Waals surface area (Å²) in [5.74, 6) is -0.387. The maximum absolute atomic E-state index is 10.2. The second-order valence-corrected chi connectivity index (χ2v) is 5.78. The zero-order valence-corrected chi connectivity index (χ0v) is 13.4. The number of rotatable bonds is 4. The van der Waals surface area contributed by atoms with Crippen molar-refractivity contribution in [2.75, 3.05) is 0 Å². The quantitative estimate of drug-likeness (QED) is 0.424. The molecule has 0 saturated carbocycles. The minimum Gasteiger partial charge on any atom is -0.508 e. The number of aromatic hydroxyl groups is 4. The summed E-state index contributed by atoms with van der Waals surface area (Å²) in [7, 11) is 0. The van der Waals surface area contributed by atoms with Crippen molar-refractivity contribution in [1.29, 1.82) is 0 Å². The highest BCUT2D eigenvalue weighted by molar-refractivity contribution is 5.74. The summed E-state index contributed by atoms with van der Waals surface area (Å²) in [4.78, 5) is 0. The van der Waals surface area contributed by atoms with Gasteiger partial charge in [0.05, 0.1) is 0 Å². The Balaban J connectivity index is 1.97. The molecule has 0 aromatic heterocycles. The van der Waals surface area contributed by atoms with E-state index in [0.29, 0.717) is 23.1 Å². The smallest absolute Gasteiger partial charge is 0.157 e. The molecule has 4 N–H and O–H groups in total. The van der Waals surface area contributed by atoms with Crippen molar-refractivity contribution in [2.45, 2.75) is 6.42 Å². The molecule has 3 aromatic rings. The fraction of sp³-hybridized carbons (Fsp3) is 0.0476. The molecular formula is C21H18O4. The van der Waals surface area contributed by atoms with Gasteiger partial charge in [0.25, 0.3) is 0 Å². The van der Waals surface area contributed by atoms with E-state index in [2.05, 4.69) is 0 Å². The van der Waals surface area contributed by atoms with Crippen LogP contribution in [0.1, 0.15) is 22.3 Å². The van der Waals surface area contributed by atoms with Crippen LogP contribution in [0.25, 0.3) is 12.2 Å². The molecule has 0 atom stereocenters. The minimum absolute atomic E-state index is 0.0251. The van der Waals surface area contributed by atoms with Gasteiger partial charge in [0.15, 0.2) is 11.5 Å². The molecule has 3 aromatic carbocycles. The molecule has 0 radical (unpaired) electrons. The van der Waals surface area contributed by atoms with Gasteiger partial charge >= 0.3 is 0 Å². The van der Waals surface area contributed by atoms with Crippen LogP contribution in [0, 0.1) is 0 Å². The lowest BCUT2D eigenvalue weighted by molar-refractivity contribution is 0.403. The van der Waals surface area contributed by atoms with E-state index in [1.165, 1.54) is 18.2 Å². The minimum atomic E-state index is -0.203. The largest absolute Gasteiger partial charge is 0.508 e. The summed E-state index contributed by atoms with van der Waals surface area (Å²) in [5, 5.41) is 39.0. The lowest BCUT2D eigenvalue weighted by Gasteiger charge is -2.10. The van der Waals surface area contributed by atoms with Crippen LogP contribution in [0.3, 0.4) is 0 Å². The molecule has 0 fully saturated rings. The Morgan fingerprint density at radius 3 is 2.16 bits per heavy atom. The summed E-state index contributed by atoms with van der Waals surface area (Å²) in [6, 6.07) is 17.1. The first kappa shape index (κ1) is 16.5. The normalized spacial score (nSPS) is 11.0. The molecule has 3 rings (SSSR count). The van der Waals surface area contributed by atoms with Crippen LogP contribution >= 0.6 is 0 Å². The summed E-state index contributed by atoms with van der Waals surface area (Å²) in [6.07, 6.45) is 4.01. The van der Waals surface area contributed by atoms with Crippen LogP contribution in [-0.2, 0) is 6.42 Å². The average molecular weight is 334 g/mol. The highest BCUT2D eigenvalue weighted by Gasteiger charge is 2.09. The molecule has 0 spiro atoms. The second-order valence-electron chi connectivity index (χ2n) is 5.78. The highest BCUT2D eigenvalue weighted by Crippen LogP contribution is 2.31.